The van der Waals surface area contributed by atoms with Crippen LogP contribution in [0, 0.1) is 0 Å². The first-order valence-corrected chi connectivity index (χ1v) is 10.9. The molecular weight excluding hydrogens is 398 g/mol. The van der Waals surface area contributed by atoms with Gasteiger partial charge in [0.05, 0.1) is 12.6 Å². The topological polar surface area (TPSA) is 53.5 Å². The SMILES string of the molecule is COc1ccccc1-c1cccc2cnc(Nc3ccc(N4CCN(C)CC4)cc3)nc12. The van der Waals surface area contributed by atoms with Crippen molar-refractivity contribution in [2.75, 3.05) is 50.6 Å². The summed E-state index contributed by atoms with van der Waals surface area (Å²) < 4.78 is 5.58. The molecule has 1 N–H and O–H groups in total. The summed E-state index contributed by atoms with van der Waals surface area (Å²) >= 11 is 0. The van der Waals surface area contributed by atoms with Crippen molar-refractivity contribution in [3.05, 3.63) is 72.9 Å². The fourth-order valence-electron chi connectivity index (χ4n) is 4.15. The number of ether oxygens (including phenoxy) is 1. The van der Waals surface area contributed by atoms with Crippen molar-refractivity contribution in [2.24, 2.45) is 0 Å². The van der Waals surface area contributed by atoms with E-state index in [0.717, 1.165) is 59.6 Å². The van der Waals surface area contributed by atoms with Crippen LogP contribution in [0.4, 0.5) is 17.3 Å². The molecule has 1 aromatic heterocycles. The maximum Gasteiger partial charge on any atom is 0.227 e. The summed E-state index contributed by atoms with van der Waals surface area (Å²) in [5.41, 5.74) is 5.15. The molecule has 3 aromatic carbocycles. The molecule has 0 amide bonds. The van der Waals surface area contributed by atoms with E-state index in [1.807, 2.05) is 36.5 Å². The third-order valence-corrected chi connectivity index (χ3v) is 6.00. The minimum absolute atomic E-state index is 0.576. The van der Waals surface area contributed by atoms with E-state index in [1.165, 1.54) is 5.69 Å². The Labute approximate surface area is 188 Å². The quantitative estimate of drug-likeness (QED) is 0.496. The average molecular weight is 426 g/mol. The molecule has 6 nitrogen and oxygen atoms in total. The summed E-state index contributed by atoms with van der Waals surface area (Å²) in [6, 6.07) is 22.6. The normalized spacial score (nSPS) is 14.5. The van der Waals surface area contributed by atoms with Crippen LogP contribution >= 0.6 is 0 Å². The van der Waals surface area contributed by atoms with Crippen LogP contribution in [0.15, 0.2) is 72.9 Å². The molecule has 6 heteroatoms. The van der Waals surface area contributed by atoms with Crippen molar-refractivity contribution >= 4 is 28.2 Å². The average Bonchev–Trinajstić information content (AvgIpc) is 2.85. The highest BCUT2D eigenvalue weighted by Gasteiger charge is 2.14. The molecule has 162 valence electrons. The smallest absolute Gasteiger partial charge is 0.227 e. The zero-order valence-electron chi connectivity index (χ0n) is 18.5. The van der Waals surface area contributed by atoms with Gasteiger partial charge < -0.3 is 19.9 Å². The number of aromatic nitrogens is 2. The van der Waals surface area contributed by atoms with Gasteiger partial charge in [0.1, 0.15) is 5.75 Å². The summed E-state index contributed by atoms with van der Waals surface area (Å²) in [6.45, 7) is 4.31. The van der Waals surface area contributed by atoms with E-state index >= 15 is 0 Å². The van der Waals surface area contributed by atoms with E-state index in [0.29, 0.717) is 5.95 Å². The number of benzene rings is 3. The van der Waals surface area contributed by atoms with Crippen molar-refractivity contribution in [1.82, 2.24) is 14.9 Å². The van der Waals surface area contributed by atoms with Crippen LogP contribution in [0.2, 0.25) is 0 Å². The van der Waals surface area contributed by atoms with Gasteiger partial charge in [0, 0.05) is 60.3 Å². The first-order valence-electron chi connectivity index (χ1n) is 10.9. The molecule has 1 aliphatic heterocycles. The van der Waals surface area contributed by atoms with Gasteiger partial charge in [0.15, 0.2) is 0 Å². The van der Waals surface area contributed by atoms with E-state index in [1.54, 1.807) is 7.11 Å². The number of hydrogen-bond donors (Lipinski definition) is 1. The van der Waals surface area contributed by atoms with Crippen molar-refractivity contribution < 1.29 is 4.74 Å². The minimum Gasteiger partial charge on any atom is -0.496 e. The van der Waals surface area contributed by atoms with Gasteiger partial charge in [0.25, 0.3) is 0 Å². The zero-order valence-corrected chi connectivity index (χ0v) is 18.5. The molecule has 0 aliphatic carbocycles. The fourth-order valence-corrected chi connectivity index (χ4v) is 4.15. The van der Waals surface area contributed by atoms with Gasteiger partial charge >= 0.3 is 0 Å². The van der Waals surface area contributed by atoms with Gasteiger partial charge in [0.2, 0.25) is 5.95 Å². The van der Waals surface area contributed by atoms with Crippen LogP contribution in [0.5, 0.6) is 5.75 Å². The molecular formula is C26H27N5O. The molecule has 0 radical (unpaired) electrons. The maximum atomic E-state index is 5.58. The van der Waals surface area contributed by atoms with Crippen LogP contribution in [0.25, 0.3) is 22.0 Å². The Bertz CT molecular complexity index is 1220. The van der Waals surface area contributed by atoms with Crippen LogP contribution in [-0.2, 0) is 0 Å². The van der Waals surface area contributed by atoms with E-state index in [2.05, 4.69) is 63.5 Å². The summed E-state index contributed by atoms with van der Waals surface area (Å²) in [6.07, 6.45) is 1.86. The summed E-state index contributed by atoms with van der Waals surface area (Å²) in [4.78, 5) is 14.2. The largest absolute Gasteiger partial charge is 0.496 e. The second kappa shape index (κ2) is 8.85. The highest BCUT2D eigenvalue weighted by atomic mass is 16.5. The number of piperazine rings is 1. The molecule has 1 fully saturated rings. The van der Waals surface area contributed by atoms with Crippen molar-refractivity contribution in [1.29, 1.82) is 0 Å². The number of hydrogen-bond acceptors (Lipinski definition) is 6. The van der Waals surface area contributed by atoms with Gasteiger partial charge in [-0.2, -0.15) is 0 Å². The number of rotatable bonds is 5. The van der Waals surface area contributed by atoms with Crippen molar-refractivity contribution in [3.8, 4) is 16.9 Å². The third-order valence-electron chi connectivity index (χ3n) is 6.00. The molecule has 0 spiro atoms. The Balaban J connectivity index is 1.42. The molecule has 0 atom stereocenters. The number of nitrogens with zero attached hydrogens (tertiary/aromatic N) is 4. The standard InChI is InChI=1S/C26H27N5O/c1-30-14-16-31(17-15-30)21-12-10-20(11-13-21)28-26-27-18-19-6-5-8-23(25(19)29-26)22-7-3-4-9-24(22)32-2/h3-13,18H,14-17H2,1-2H3,(H,27,28,29). The molecule has 1 aliphatic rings. The van der Waals surface area contributed by atoms with Crippen LogP contribution in [0.3, 0.4) is 0 Å². The predicted octanol–water partition coefficient (Wildman–Crippen LogP) is 4.80. The second-order valence-electron chi connectivity index (χ2n) is 8.10. The predicted molar refractivity (Wildman–Crippen MR) is 131 cm³/mol. The molecule has 2 heterocycles. The highest BCUT2D eigenvalue weighted by Crippen LogP contribution is 2.34. The Hall–Kier alpha value is -3.64. The Morgan fingerprint density at radius 3 is 2.38 bits per heavy atom. The first kappa shape index (κ1) is 20.3. The summed E-state index contributed by atoms with van der Waals surface area (Å²) in [5.74, 6) is 1.40. The molecule has 5 rings (SSSR count). The van der Waals surface area contributed by atoms with E-state index in [9.17, 15) is 0 Å². The van der Waals surface area contributed by atoms with Crippen molar-refractivity contribution in [3.63, 3.8) is 0 Å². The number of nitrogens with one attached hydrogen (secondary N) is 1. The van der Waals surface area contributed by atoms with Gasteiger partial charge in [-0.25, -0.2) is 9.97 Å². The lowest BCUT2D eigenvalue weighted by Gasteiger charge is -2.34. The molecule has 0 saturated carbocycles. The zero-order chi connectivity index (χ0) is 21.9. The number of methoxy groups -OCH3 is 1. The number of fused-ring (bicyclic) bond motifs is 1. The van der Waals surface area contributed by atoms with Gasteiger partial charge in [-0.1, -0.05) is 36.4 Å². The maximum absolute atomic E-state index is 5.58. The van der Waals surface area contributed by atoms with E-state index in [4.69, 9.17) is 9.72 Å². The van der Waals surface area contributed by atoms with Gasteiger partial charge in [-0.3, -0.25) is 0 Å². The van der Waals surface area contributed by atoms with Gasteiger partial charge in [-0.15, -0.1) is 0 Å². The minimum atomic E-state index is 0.576. The Morgan fingerprint density at radius 1 is 0.844 bits per heavy atom. The third kappa shape index (κ3) is 4.09. The summed E-state index contributed by atoms with van der Waals surface area (Å²) in [5, 5.41) is 4.35. The van der Waals surface area contributed by atoms with E-state index in [-0.39, 0.29) is 0 Å². The molecule has 0 unspecified atom stereocenters. The fraction of sp³-hybridized carbons (Fsp3) is 0.231. The molecule has 1 saturated heterocycles. The van der Waals surface area contributed by atoms with Crippen molar-refractivity contribution in [2.45, 2.75) is 0 Å². The van der Waals surface area contributed by atoms with Gasteiger partial charge in [-0.05, 0) is 37.4 Å². The number of likely N-dealkylation sites (N-methyl/N-ethyl adjacent to an activating group) is 1. The van der Waals surface area contributed by atoms with Crippen LogP contribution < -0.4 is 15.0 Å². The summed E-state index contributed by atoms with van der Waals surface area (Å²) in [7, 11) is 3.87. The van der Waals surface area contributed by atoms with Crippen LogP contribution in [0.1, 0.15) is 0 Å². The lowest BCUT2D eigenvalue weighted by molar-refractivity contribution is 0.313. The Morgan fingerprint density at radius 2 is 1.59 bits per heavy atom. The highest BCUT2D eigenvalue weighted by molar-refractivity contribution is 5.95. The van der Waals surface area contributed by atoms with Crippen LogP contribution in [-0.4, -0.2) is 55.2 Å². The molecule has 0 bridgehead atoms. The molecule has 4 aromatic rings. The first-order chi connectivity index (χ1) is 15.7. The van der Waals surface area contributed by atoms with E-state index < -0.39 is 0 Å². The number of para-hydroxylation sites is 2. The lowest BCUT2D eigenvalue weighted by Crippen LogP contribution is -2.44. The monoisotopic (exact) mass is 425 g/mol. The number of anilines is 3. The lowest BCUT2D eigenvalue weighted by atomic mass is 10.0. The second-order valence-corrected chi connectivity index (χ2v) is 8.10. The molecule has 32 heavy (non-hydrogen) atoms. The Kier molecular flexibility index (Phi) is 5.60.